The van der Waals surface area contributed by atoms with E-state index in [9.17, 15) is 14.4 Å². The van der Waals surface area contributed by atoms with Gasteiger partial charge in [-0.25, -0.2) is 0 Å². The van der Waals surface area contributed by atoms with Crippen LogP contribution in [0.4, 0.5) is 0 Å². The molecule has 0 aromatic carbocycles. The van der Waals surface area contributed by atoms with Gasteiger partial charge in [0.2, 0.25) is 0 Å². The highest BCUT2D eigenvalue weighted by Gasteiger charge is 2.19. The molecule has 0 radical (unpaired) electrons. The molecule has 0 aromatic heterocycles. The van der Waals surface area contributed by atoms with Gasteiger partial charge in [0.15, 0.2) is 6.10 Å². The molecule has 0 N–H and O–H groups in total. The number of carbonyl (C=O) groups is 3. The largest absolute Gasteiger partial charge is 0.462 e. The zero-order chi connectivity index (χ0) is 44.4. The third kappa shape index (κ3) is 48.0. The number of rotatable bonds is 46. The van der Waals surface area contributed by atoms with Crippen LogP contribution in [0.1, 0.15) is 252 Å². The highest BCUT2D eigenvalue weighted by molar-refractivity contribution is 5.71. The predicted octanol–water partition coefficient (Wildman–Crippen LogP) is 16.9. The van der Waals surface area contributed by atoms with E-state index < -0.39 is 6.10 Å². The summed E-state index contributed by atoms with van der Waals surface area (Å²) in [6.07, 6.45) is 60.6. The van der Waals surface area contributed by atoms with Crippen LogP contribution in [0.3, 0.4) is 0 Å². The summed E-state index contributed by atoms with van der Waals surface area (Å²) in [6, 6.07) is 0. The van der Waals surface area contributed by atoms with Gasteiger partial charge in [-0.1, -0.05) is 216 Å². The van der Waals surface area contributed by atoms with Gasteiger partial charge in [-0.05, 0) is 77.0 Å². The number of ether oxygens (including phenoxy) is 3. The summed E-state index contributed by atoms with van der Waals surface area (Å²) < 4.78 is 16.8. The molecule has 0 saturated carbocycles. The molecule has 0 aliphatic carbocycles. The molecule has 0 aliphatic heterocycles. The van der Waals surface area contributed by atoms with Crippen molar-refractivity contribution in [3.63, 3.8) is 0 Å². The van der Waals surface area contributed by atoms with Crippen molar-refractivity contribution in [1.82, 2.24) is 0 Å². The third-order valence-electron chi connectivity index (χ3n) is 11.0. The van der Waals surface area contributed by atoms with Gasteiger partial charge in [0.25, 0.3) is 0 Å². The summed E-state index contributed by atoms with van der Waals surface area (Å²) in [5, 5.41) is 0. The summed E-state index contributed by atoms with van der Waals surface area (Å²) in [7, 11) is 0. The lowest BCUT2D eigenvalue weighted by atomic mass is 10.0. The maximum atomic E-state index is 12.8. The second-order valence-electron chi connectivity index (χ2n) is 17.1. The van der Waals surface area contributed by atoms with Crippen LogP contribution < -0.4 is 0 Å². The fourth-order valence-electron chi connectivity index (χ4n) is 7.12. The Morgan fingerprint density at radius 3 is 1.07 bits per heavy atom. The average Bonchev–Trinajstić information content (AvgIpc) is 3.26. The number of carbonyl (C=O) groups excluding carboxylic acids is 3. The van der Waals surface area contributed by atoms with Gasteiger partial charge >= 0.3 is 17.9 Å². The standard InChI is InChI=1S/C55H96O6/c1-4-7-10-13-16-19-22-24-26-27-29-31-34-37-40-43-46-49-55(58)61-52(50-59-53(56)47-44-41-38-35-32-21-18-15-12-9-6-3)51-60-54(57)48-45-42-39-36-33-30-28-25-23-20-17-14-11-8-5-2/h7,10,15-16,18-19,24,26,29,31,52H,4-6,8-9,11-14,17,20-23,25,27-28,30,32-51H2,1-3H3/b10-7-,18-15-,19-16-,26-24-,31-29-/t52-/m1/s1. The molecule has 6 heteroatoms. The van der Waals surface area contributed by atoms with Crippen molar-refractivity contribution in [1.29, 1.82) is 0 Å². The minimum Gasteiger partial charge on any atom is -0.462 e. The minimum absolute atomic E-state index is 0.0850. The van der Waals surface area contributed by atoms with E-state index in [1.807, 2.05) is 0 Å². The van der Waals surface area contributed by atoms with E-state index in [1.54, 1.807) is 0 Å². The van der Waals surface area contributed by atoms with Crippen molar-refractivity contribution in [2.24, 2.45) is 0 Å². The van der Waals surface area contributed by atoms with Gasteiger partial charge < -0.3 is 14.2 Å². The first-order valence-corrected chi connectivity index (χ1v) is 25.8. The molecule has 0 aliphatic rings. The van der Waals surface area contributed by atoms with Crippen molar-refractivity contribution in [3.05, 3.63) is 60.8 Å². The lowest BCUT2D eigenvalue weighted by Gasteiger charge is -2.18. The highest BCUT2D eigenvalue weighted by atomic mass is 16.6. The fraction of sp³-hybridized carbons (Fsp3) is 0.764. The number of unbranched alkanes of at least 4 members (excludes halogenated alkanes) is 25. The van der Waals surface area contributed by atoms with E-state index in [1.165, 1.54) is 109 Å². The molecule has 0 amide bonds. The molecule has 352 valence electrons. The van der Waals surface area contributed by atoms with Gasteiger partial charge in [0.05, 0.1) is 0 Å². The monoisotopic (exact) mass is 853 g/mol. The van der Waals surface area contributed by atoms with Crippen LogP contribution in [0.5, 0.6) is 0 Å². The Labute approximate surface area is 377 Å². The van der Waals surface area contributed by atoms with E-state index in [-0.39, 0.29) is 31.1 Å². The molecule has 0 aromatic rings. The second-order valence-corrected chi connectivity index (χ2v) is 17.1. The number of esters is 3. The molecule has 0 heterocycles. The number of hydrogen-bond donors (Lipinski definition) is 0. The average molecular weight is 853 g/mol. The van der Waals surface area contributed by atoms with Crippen LogP contribution in [-0.4, -0.2) is 37.2 Å². The van der Waals surface area contributed by atoms with E-state index in [0.717, 1.165) is 103 Å². The van der Waals surface area contributed by atoms with E-state index >= 15 is 0 Å². The zero-order valence-corrected chi connectivity index (χ0v) is 40.2. The molecular formula is C55H96O6. The van der Waals surface area contributed by atoms with Crippen molar-refractivity contribution in [2.75, 3.05) is 13.2 Å². The SMILES string of the molecule is CC/C=C\C/C=C\C/C=C\C/C=C\CCCCCCC(=O)O[C@H](COC(=O)CCCCCCC/C=C\CCCC)COC(=O)CCCCCCCCCCCCCCCCC. The lowest BCUT2D eigenvalue weighted by Crippen LogP contribution is -2.30. The maximum absolute atomic E-state index is 12.8. The van der Waals surface area contributed by atoms with Gasteiger partial charge in [0, 0.05) is 19.3 Å². The summed E-state index contributed by atoms with van der Waals surface area (Å²) in [6.45, 7) is 6.47. The van der Waals surface area contributed by atoms with E-state index in [4.69, 9.17) is 14.2 Å². The van der Waals surface area contributed by atoms with Crippen LogP contribution >= 0.6 is 0 Å². The second kappa shape index (κ2) is 49.8. The quantitative estimate of drug-likeness (QED) is 0.0263. The van der Waals surface area contributed by atoms with Crippen molar-refractivity contribution in [3.8, 4) is 0 Å². The first kappa shape index (κ1) is 58.1. The molecular weight excluding hydrogens is 757 g/mol. The third-order valence-corrected chi connectivity index (χ3v) is 11.0. The highest BCUT2D eigenvalue weighted by Crippen LogP contribution is 2.15. The molecule has 0 spiro atoms. The summed E-state index contributed by atoms with van der Waals surface area (Å²) in [4.78, 5) is 37.9. The smallest absolute Gasteiger partial charge is 0.306 e. The number of hydrogen-bond acceptors (Lipinski definition) is 6. The number of allylic oxidation sites excluding steroid dienone is 10. The summed E-state index contributed by atoms with van der Waals surface area (Å²) >= 11 is 0. The van der Waals surface area contributed by atoms with Crippen LogP contribution in [0.2, 0.25) is 0 Å². The fourth-order valence-corrected chi connectivity index (χ4v) is 7.12. The zero-order valence-electron chi connectivity index (χ0n) is 40.2. The molecule has 6 nitrogen and oxygen atoms in total. The van der Waals surface area contributed by atoms with Crippen molar-refractivity contribution < 1.29 is 28.6 Å². The van der Waals surface area contributed by atoms with Gasteiger partial charge in [0.1, 0.15) is 13.2 Å². The summed E-state index contributed by atoms with van der Waals surface area (Å²) in [5.41, 5.74) is 0. The normalized spacial score (nSPS) is 12.5. The first-order chi connectivity index (χ1) is 30.0. The summed E-state index contributed by atoms with van der Waals surface area (Å²) in [5.74, 6) is -0.914. The van der Waals surface area contributed by atoms with E-state index in [0.29, 0.717) is 19.3 Å². The topological polar surface area (TPSA) is 78.9 Å². The van der Waals surface area contributed by atoms with Crippen LogP contribution in [0.25, 0.3) is 0 Å². The Hall–Kier alpha value is -2.89. The van der Waals surface area contributed by atoms with Crippen molar-refractivity contribution >= 4 is 17.9 Å². The van der Waals surface area contributed by atoms with Crippen molar-refractivity contribution in [2.45, 2.75) is 258 Å². The van der Waals surface area contributed by atoms with Gasteiger partial charge in [-0.2, -0.15) is 0 Å². The molecule has 0 fully saturated rings. The van der Waals surface area contributed by atoms with Crippen LogP contribution in [0.15, 0.2) is 60.8 Å². The minimum atomic E-state index is -0.787. The Kier molecular flexibility index (Phi) is 47.4. The van der Waals surface area contributed by atoms with Gasteiger partial charge in [-0.15, -0.1) is 0 Å². The predicted molar refractivity (Wildman–Crippen MR) is 261 cm³/mol. The molecule has 0 saturated heterocycles. The Morgan fingerprint density at radius 2 is 0.656 bits per heavy atom. The molecule has 0 rings (SSSR count). The molecule has 0 unspecified atom stereocenters. The van der Waals surface area contributed by atoms with E-state index in [2.05, 4.69) is 81.5 Å². The maximum Gasteiger partial charge on any atom is 0.306 e. The van der Waals surface area contributed by atoms with Crippen LogP contribution in [0, 0.1) is 0 Å². The Balaban J connectivity index is 4.40. The lowest BCUT2D eigenvalue weighted by molar-refractivity contribution is -0.167. The van der Waals surface area contributed by atoms with Gasteiger partial charge in [-0.3, -0.25) is 14.4 Å². The molecule has 0 bridgehead atoms. The molecule has 61 heavy (non-hydrogen) atoms. The first-order valence-electron chi connectivity index (χ1n) is 25.8. The Morgan fingerprint density at radius 1 is 0.344 bits per heavy atom. The van der Waals surface area contributed by atoms with Crippen LogP contribution in [-0.2, 0) is 28.6 Å². The molecule has 1 atom stereocenters. The Bertz CT molecular complexity index is 1120.